The number of hydrogen-bond donors (Lipinski definition) is 4. The molecular weight excluding hydrogens is 512 g/mol. The van der Waals surface area contributed by atoms with E-state index in [2.05, 4.69) is 41.5 Å². The van der Waals surface area contributed by atoms with Gasteiger partial charge in [-0.05, 0) is 25.7 Å². The number of rotatable bonds is 22. The van der Waals surface area contributed by atoms with E-state index in [0.717, 1.165) is 38.5 Å². The molecule has 0 radical (unpaired) electrons. The van der Waals surface area contributed by atoms with Gasteiger partial charge in [-0.25, -0.2) is 0 Å². The molecule has 5 nitrogen and oxygen atoms in total. The second kappa shape index (κ2) is 53.7. The molecule has 0 atom stereocenters. The van der Waals surface area contributed by atoms with Crippen molar-refractivity contribution in [2.24, 2.45) is 0 Å². The van der Waals surface area contributed by atoms with Crippen molar-refractivity contribution >= 4 is 0 Å². The van der Waals surface area contributed by atoms with E-state index in [0.29, 0.717) is 12.8 Å². The molecule has 0 aromatic rings. The second-order valence-corrected chi connectivity index (χ2v) is 9.90. The molecule has 0 saturated heterocycles. The van der Waals surface area contributed by atoms with Crippen LogP contribution in [0.25, 0.3) is 0 Å². The topological polar surface area (TPSA) is 109 Å². The molecule has 0 unspecified atom stereocenters. The molecule has 0 aromatic heterocycles. The zero-order valence-electron chi connectivity index (χ0n) is 26.2. The first-order chi connectivity index (χ1) is 17.4. The van der Waals surface area contributed by atoms with Crippen molar-refractivity contribution in [3.8, 4) is 0 Å². The van der Waals surface area contributed by atoms with Gasteiger partial charge in [0.1, 0.15) is 0 Å². The van der Waals surface area contributed by atoms with Gasteiger partial charge in [0.15, 0.2) is 12.6 Å². The number of unbranched alkanes of at least 4 members (excludes halogenated alkanes) is 18. The summed E-state index contributed by atoms with van der Waals surface area (Å²) in [6.45, 7) is 16.4. The predicted octanol–water partition coefficient (Wildman–Crippen LogP) is 9.56. The maximum atomic E-state index is 8.46. The first-order valence-corrected chi connectivity index (χ1v) is 15.7. The third-order valence-electron chi connectivity index (χ3n) is 5.84. The summed E-state index contributed by atoms with van der Waals surface area (Å²) in [5.74, 6) is 0. The van der Waals surface area contributed by atoms with E-state index in [-0.39, 0.29) is 27.2 Å². The maximum Gasteiger partial charge on any atom is 4.00 e. The molecule has 0 spiro atoms. The Morgan fingerprint density at radius 1 is 0.395 bits per heavy atom. The molecule has 0 saturated carbocycles. The Morgan fingerprint density at radius 2 is 0.605 bits per heavy atom. The molecule has 4 N–H and O–H groups in total. The van der Waals surface area contributed by atoms with Crippen molar-refractivity contribution in [3.05, 3.63) is 13.8 Å². The predicted molar refractivity (Wildman–Crippen MR) is 161 cm³/mol. The molecule has 0 amide bonds. The summed E-state index contributed by atoms with van der Waals surface area (Å²) >= 11 is 0. The summed E-state index contributed by atoms with van der Waals surface area (Å²) in [6.07, 6.45) is 26.4. The van der Waals surface area contributed by atoms with E-state index in [1.54, 1.807) is 0 Å². The molecule has 0 aliphatic rings. The molecule has 0 heterocycles. The molecule has 0 bridgehead atoms. The van der Waals surface area contributed by atoms with Crippen molar-refractivity contribution < 1.29 is 47.6 Å². The number of aliphatic hydroxyl groups excluding tert-OH is 2. The van der Waals surface area contributed by atoms with Gasteiger partial charge in [-0.2, -0.15) is 12.8 Å². The summed E-state index contributed by atoms with van der Waals surface area (Å²) in [6, 6.07) is 0. The maximum absolute atomic E-state index is 8.46. The van der Waals surface area contributed by atoms with Gasteiger partial charge in [0.05, 0.1) is 0 Å². The molecule has 232 valence electrons. The summed E-state index contributed by atoms with van der Waals surface area (Å²) in [5, 5.41) is 33.9. The Morgan fingerprint density at radius 3 is 0.789 bits per heavy atom. The first kappa shape index (κ1) is 51.3. The molecule has 0 aliphatic carbocycles. The molecule has 0 aromatic carbocycles. The Labute approximate surface area is 255 Å². The normalized spacial score (nSPS) is 9.79. The van der Waals surface area contributed by atoms with Gasteiger partial charge in [-0.1, -0.05) is 143 Å². The van der Waals surface area contributed by atoms with E-state index in [9.17, 15) is 0 Å². The fourth-order valence-corrected chi connectivity index (χ4v) is 3.42. The smallest absolute Gasteiger partial charge is 2.00 e. The number of hydrogen-bond acceptors (Lipinski definition) is 4. The second-order valence-electron chi connectivity index (χ2n) is 9.90. The van der Waals surface area contributed by atoms with Crippen LogP contribution in [0.2, 0.25) is 0 Å². The van der Waals surface area contributed by atoms with Crippen molar-refractivity contribution in [2.45, 2.75) is 194 Å². The minimum absolute atomic E-state index is 0. The Kier molecular flexibility index (Phi) is 72.5. The average molecular weight is 583 g/mol. The molecule has 0 rings (SSSR count). The summed E-state index contributed by atoms with van der Waals surface area (Å²) < 4.78 is 0. The third kappa shape index (κ3) is 76.6. The van der Waals surface area contributed by atoms with E-state index < -0.39 is 12.6 Å². The summed E-state index contributed by atoms with van der Waals surface area (Å²) in [7, 11) is 0. The van der Waals surface area contributed by atoms with Gasteiger partial charge in [-0.3, -0.25) is 0 Å². The van der Waals surface area contributed by atoms with Gasteiger partial charge in [0, 0.05) is 0 Å². The van der Waals surface area contributed by atoms with Gasteiger partial charge in [-0.15, -0.1) is 0 Å². The van der Waals surface area contributed by atoms with E-state index >= 15 is 0 Å². The zero-order valence-corrected chi connectivity index (χ0v) is 27.8. The SMILES string of the molecule is CCCCCCCC(O)O.CCCCCCCC(O)O.[CH2-]CCCCCCC.[CH2-]CCCCCCC.[O-2].[Ti+4]. The van der Waals surface area contributed by atoms with Crippen LogP contribution in [-0.2, 0) is 27.2 Å². The minimum atomic E-state index is -1.10. The van der Waals surface area contributed by atoms with E-state index in [1.165, 1.54) is 103 Å². The van der Waals surface area contributed by atoms with Crippen LogP contribution in [0.15, 0.2) is 0 Å². The average Bonchev–Trinajstić information content (AvgIpc) is 2.85. The number of aliphatic hydroxyl groups is 4. The van der Waals surface area contributed by atoms with Crippen LogP contribution in [0.4, 0.5) is 0 Å². The molecular formula is C32H70O5Ti. The molecule has 6 heteroatoms. The quantitative estimate of drug-likeness (QED) is 0.0441. The third-order valence-corrected chi connectivity index (χ3v) is 5.84. The van der Waals surface area contributed by atoms with Crippen molar-refractivity contribution in [1.82, 2.24) is 0 Å². The minimum Gasteiger partial charge on any atom is -2.00 e. The molecule has 0 fully saturated rings. The fraction of sp³-hybridized carbons (Fsp3) is 0.938. The molecule has 0 aliphatic heterocycles. The molecule has 38 heavy (non-hydrogen) atoms. The zero-order chi connectivity index (χ0) is 28.1. The van der Waals surface area contributed by atoms with E-state index in [1.807, 2.05) is 0 Å². The first-order valence-electron chi connectivity index (χ1n) is 15.7. The van der Waals surface area contributed by atoms with Crippen molar-refractivity contribution in [1.29, 1.82) is 0 Å². The van der Waals surface area contributed by atoms with Gasteiger partial charge in [0.25, 0.3) is 0 Å². The summed E-state index contributed by atoms with van der Waals surface area (Å²) in [4.78, 5) is 0. The summed E-state index contributed by atoms with van der Waals surface area (Å²) in [5.41, 5.74) is 0. The van der Waals surface area contributed by atoms with Gasteiger partial charge >= 0.3 is 21.7 Å². The van der Waals surface area contributed by atoms with Crippen LogP contribution in [0.1, 0.15) is 182 Å². The van der Waals surface area contributed by atoms with Crippen molar-refractivity contribution in [3.63, 3.8) is 0 Å². The van der Waals surface area contributed by atoms with Crippen LogP contribution in [-0.4, -0.2) is 33.0 Å². The van der Waals surface area contributed by atoms with E-state index in [4.69, 9.17) is 20.4 Å². The van der Waals surface area contributed by atoms with Crippen LogP contribution < -0.4 is 0 Å². The van der Waals surface area contributed by atoms with Crippen LogP contribution in [0.5, 0.6) is 0 Å². The fourth-order valence-electron chi connectivity index (χ4n) is 3.42. The Hall–Kier alpha value is 0.514. The van der Waals surface area contributed by atoms with Gasteiger partial charge < -0.3 is 39.7 Å². The van der Waals surface area contributed by atoms with Crippen LogP contribution in [0, 0.1) is 13.8 Å². The Bertz CT molecular complexity index is 276. The van der Waals surface area contributed by atoms with Crippen LogP contribution >= 0.6 is 0 Å². The van der Waals surface area contributed by atoms with Crippen molar-refractivity contribution in [2.75, 3.05) is 0 Å². The largest absolute Gasteiger partial charge is 4.00 e. The van der Waals surface area contributed by atoms with Gasteiger partial charge in [0.2, 0.25) is 0 Å². The van der Waals surface area contributed by atoms with Crippen LogP contribution in [0.3, 0.4) is 0 Å². The monoisotopic (exact) mass is 582 g/mol. The Balaban J connectivity index is -0.0000000888. The standard InChI is InChI=1S/2C8H18O2.2C8H17.O.Ti/c2*1-2-3-4-5-6-7-8(9)10;2*1-3-5-7-8-6-4-2;;/h2*8-10H,2-7H2,1H3;2*1,3-8H2,2H3;;/q;;2*-1;-2;+4.